The Morgan fingerprint density at radius 3 is 1.07 bits per heavy atom. The standard InChI is InChI=1S/C6H6.C4H11OP.2ClH.Ru/c1-2-4-6-5-3-1;1-3-6(5)4-2;;;/h1-6H;5H,3-4H2,1-2H3;2*1H;. The molecule has 0 saturated carbocycles. The fourth-order valence-corrected chi connectivity index (χ4v) is 1.06. The number of benzene rings is 1. The van der Waals surface area contributed by atoms with Crippen LogP contribution >= 0.6 is 33.0 Å². The summed E-state index contributed by atoms with van der Waals surface area (Å²) in [6.07, 6.45) is 1.90. The second-order valence-corrected chi connectivity index (χ2v) is 4.57. The van der Waals surface area contributed by atoms with E-state index < -0.39 is 8.15 Å². The van der Waals surface area contributed by atoms with Gasteiger partial charge in [-0.05, 0) is 12.3 Å². The van der Waals surface area contributed by atoms with Crippen LogP contribution in [0.5, 0.6) is 0 Å². The molecule has 0 fully saturated rings. The first kappa shape index (κ1) is 24.9. The Hall–Kier alpha value is 0.813. The molecule has 0 aliphatic rings. The van der Waals surface area contributed by atoms with Gasteiger partial charge in [-0.3, -0.25) is 0 Å². The zero-order chi connectivity index (χ0) is 9.23. The zero-order valence-corrected chi connectivity index (χ0v) is 13.2. The van der Waals surface area contributed by atoms with Gasteiger partial charge in [0.1, 0.15) is 0 Å². The fraction of sp³-hybridized carbons (Fsp3) is 0.400. The van der Waals surface area contributed by atoms with Crippen molar-refractivity contribution >= 4 is 33.0 Å². The van der Waals surface area contributed by atoms with Crippen molar-refractivity contribution in [1.29, 1.82) is 0 Å². The third-order valence-electron chi connectivity index (χ3n) is 1.40. The monoisotopic (exact) mass is 358 g/mol. The van der Waals surface area contributed by atoms with Crippen molar-refractivity contribution in [3.05, 3.63) is 36.4 Å². The maximum atomic E-state index is 8.73. The molecule has 0 radical (unpaired) electrons. The van der Waals surface area contributed by atoms with Gasteiger partial charge in [0.25, 0.3) is 0 Å². The van der Waals surface area contributed by atoms with E-state index in [9.17, 15) is 0 Å². The zero-order valence-electron chi connectivity index (χ0n) is 8.94. The molecule has 0 aromatic heterocycles. The number of hydrogen-bond donors (Lipinski definition) is 1. The Kier molecular flexibility index (Phi) is 33.6. The minimum Gasteiger partial charge on any atom is -0.374 e. The molecule has 0 aliphatic carbocycles. The molecule has 0 heterocycles. The smallest absolute Gasteiger partial charge is 0.0245 e. The Morgan fingerprint density at radius 2 is 1.00 bits per heavy atom. The van der Waals surface area contributed by atoms with Gasteiger partial charge in [0.2, 0.25) is 0 Å². The van der Waals surface area contributed by atoms with Crippen molar-refractivity contribution in [3.8, 4) is 0 Å². The molecule has 1 N–H and O–H groups in total. The number of hydrogen-bond acceptors (Lipinski definition) is 1. The Morgan fingerprint density at radius 1 is 0.800 bits per heavy atom. The molecule has 0 bridgehead atoms. The predicted octanol–water partition coefficient (Wildman–Crippen LogP) is 3.94. The summed E-state index contributed by atoms with van der Waals surface area (Å²) < 4.78 is 0. The Bertz CT molecular complexity index is 148. The maximum absolute atomic E-state index is 8.73. The van der Waals surface area contributed by atoms with Crippen LogP contribution < -0.4 is 0 Å². The first-order chi connectivity index (χ1) is 5.81. The summed E-state index contributed by atoms with van der Waals surface area (Å²) >= 11 is 0. The van der Waals surface area contributed by atoms with E-state index in [2.05, 4.69) is 0 Å². The van der Waals surface area contributed by atoms with Gasteiger partial charge in [-0.1, -0.05) is 50.2 Å². The van der Waals surface area contributed by atoms with Crippen LogP contribution in [0, 0.1) is 0 Å². The molecule has 0 unspecified atom stereocenters. The van der Waals surface area contributed by atoms with Crippen molar-refractivity contribution in [2.45, 2.75) is 13.8 Å². The van der Waals surface area contributed by atoms with Gasteiger partial charge >= 0.3 is 0 Å². The van der Waals surface area contributed by atoms with E-state index in [1.807, 2.05) is 50.2 Å². The van der Waals surface area contributed by atoms with Gasteiger partial charge in [0, 0.05) is 27.6 Å². The van der Waals surface area contributed by atoms with Crippen molar-refractivity contribution in [2.75, 3.05) is 12.3 Å². The maximum Gasteiger partial charge on any atom is 0.0245 e. The summed E-state index contributed by atoms with van der Waals surface area (Å²) in [4.78, 5) is 8.73. The van der Waals surface area contributed by atoms with Gasteiger partial charge in [-0.2, -0.15) is 0 Å². The largest absolute Gasteiger partial charge is 0.374 e. The summed E-state index contributed by atoms with van der Waals surface area (Å²) in [7, 11) is -0.576. The molecule has 1 rings (SSSR count). The number of rotatable bonds is 2. The van der Waals surface area contributed by atoms with Crippen LogP contribution in [-0.4, -0.2) is 17.2 Å². The summed E-state index contributed by atoms with van der Waals surface area (Å²) in [5.74, 6) is 0. The fourth-order valence-electron chi connectivity index (χ4n) is 0.609. The van der Waals surface area contributed by atoms with Gasteiger partial charge < -0.3 is 4.89 Å². The van der Waals surface area contributed by atoms with Crippen LogP contribution in [0.1, 0.15) is 13.8 Å². The normalized spacial score (nSPS) is 7.20. The van der Waals surface area contributed by atoms with Gasteiger partial charge in [0.15, 0.2) is 0 Å². The summed E-state index contributed by atoms with van der Waals surface area (Å²) in [5.41, 5.74) is 0. The average molecular weight is 358 g/mol. The van der Waals surface area contributed by atoms with E-state index in [0.29, 0.717) is 0 Å². The molecule has 0 amide bonds. The molecule has 1 nitrogen and oxygen atoms in total. The van der Waals surface area contributed by atoms with Crippen LogP contribution in [0.3, 0.4) is 0 Å². The second-order valence-electron chi connectivity index (χ2n) is 2.29. The summed E-state index contributed by atoms with van der Waals surface area (Å²) in [6, 6.07) is 12.0. The molecule has 92 valence electrons. The minimum absolute atomic E-state index is 0. The van der Waals surface area contributed by atoms with E-state index in [1.54, 1.807) is 0 Å². The Labute approximate surface area is 119 Å². The van der Waals surface area contributed by atoms with Gasteiger partial charge in [-0.15, -0.1) is 24.8 Å². The number of halogens is 2. The van der Waals surface area contributed by atoms with Crippen LogP contribution in [0.15, 0.2) is 36.4 Å². The summed E-state index contributed by atoms with van der Waals surface area (Å²) in [5, 5.41) is 0. The first-order valence-electron chi connectivity index (χ1n) is 4.25. The second kappa shape index (κ2) is 20.3. The Balaban J connectivity index is -0.0000000672. The van der Waals surface area contributed by atoms with E-state index in [0.717, 1.165) is 12.3 Å². The average Bonchev–Trinajstić information content (AvgIpc) is 2.20. The molecule has 5 heteroatoms. The van der Waals surface area contributed by atoms with Gasteiger partial charge in [-0.25, -0.2) is 0 Å². The topological polar surface area (TPSA) is 20.2 Å². The molecule has 0 atom stereocenters. The molecule has 1 aromatic carbocycles. The van der Waals surface area contributed by atoms with E-state index >= 15 is 0 Å². The molecule has 0 aliphatic heterocycles. The molecule has 0 spiro atoms. The first-order valence-corrected chi connectivity index (χ1v) is 5.91. The van der Waals surface area contributed by atoms with E-state index in [-0.39, 0.29) is 44.3 Å². The SMILES string of the molecule is CCP(O)CC.Cl.Cl.[Ru].c1ccccc1. The van der Waals surface area contributed by atoms with Crippen LogP contribution in [-0.2, 0) is 19.5 Å². The molecule has 0 saturated heterocycles. The van der Waals surface area contributed by atoms with E-state index in [1.165, 1.54) is 0 Å². The molecule has 15 heavy (non-hydrogen) atoms. The summed E-state index contributed by atoms with van der Waals surface area (Å²) in [6.45, 7) is 4.02. The predicted molar refractivity (Wildman–Crippen MR) is 71.2 cm³/mol. The van der Waals surface area contributed by atoms with Crippen LogP contribution in [0.25, 0.3) is 0 Å². The molecular weight excluding hydrogens is 339 g/mol. The third-order valence-corrected chi connectivity index (χ3v) is 2.86. The van der Waals surface area contributed by atoms with E-state index in [4.69, 9.17) is 4.89 Å². The molecule has 1 aromatic rings. The minimum atomic E-state index is -0.576. The van der Waals surface area contributed by atoms with Crippen molar-refractivity contribution in [3.63, 3.8) is 0 Å². The van der Waals surface area contributed by atoms with Crippen molar-refractivity contribution in [2.24, 2.45) is 0 Å². The van der Waals surface area contributed by atoms with Gasteiger partial charge in [0.05, 0.1) is 0 Å². The third kappa shape index (κ3) is 20.8. The van der Waals surface area contributed by atoms with Crippen molar-refractivity contribution < 1.29 is 24.4 Å². The van der Waals surface area contributed by atoms with Crippen LogP contribution in [0.2, 0.25) is 0 Å². The van der Waals surface area contributed by atoms with Crippen LogP contribution in [0.4, 0.5) is 0 Å². The molecular formula is C10H19Cl2OPRu. The quantitative estimate of drug-likeness (QED) is 0.627. The van der Waals surface area contributed by atoms with Crippen molar-refractivity contribution in [1.82, 2.24) is 0 Å².